The fourth-order valence-electron chi connectivity index (χ4n) is 8.73. The highest BCUT2D eigenvalue weighted by Crippen LogP contribution is 2.68. The number of aliphatic hydroxyl groups is 2. The van der Waals surface area contributed by atoms with Crippen molar-refractivity contribution in [1.29, 1.82) is 0 Å². The SMILES string of the molecule is C[C@H](CCC(=O)O)[C@H]1CC[C@H]2[C@@H]3C(O)CC4C[C@H](O)CC[C@]4(C)[C@H]3CC[C@]12C. The molecule has 0 bridgehead atoms. The van der Waals surface area contributed by atoms with E-state index < -0.39 is 5.97 Å². The molecule has 0 aliphatic heterocycles. The molecule has 2 unspecified atom stereocenters. The van der Waals surface area contributed by atoms with Crippen molar-refractivity contribution in [1.82, 2.24) is 0 Å². The number of rotatable bonds is 4. The maximum absolute atomic E-state index is 11.2. The van der Waals surface area contributed by atoms with Crippen LogP contribution >= 0.6 is 0 Å². The Morgan fingerprint density at radius 1 is 1.00 bits per heavy atom. The Bertz CT molecular complexity index is 605. The molecule has 28 heavy (non-hydrogen) atoms. The maximum atomic E-state index is 11.2. The van der Waals surface area contributed by atoms with Gasteiger partial charge in [0.2, 0.25) is 0 Å². The molecule has 4 fully saturated rings. The topological polar surface area (TPSA) is 77.8 Å². The number of carbonyl (C=O) groups is 1. The third-order valence-corrected chi connectivity index (χ3v) is 10.2. The molecule has 0 aromatic carbocycles. The van der Waals surface area contributed by atoms with E-state index in [9.17, 15) is 15.0 Å². The lowest BCUT2D eigenvalue weighted by Gasteiger charge is -2.62. The van der Waals surface area contributed by atoms with Crippen LogP contribution in [0.2, 0.25) is 0 Å². The van der Waals surface area contributed by atoms with Crippen molar-refractivity contribution < 1.29 is 20.1 Å². The van der Waals surface area contributed by atoms with Crippen LogP contribution < -0.4 is 0 Å². The van der Waals surface area contributed by atoms with Gasteiger partial charge in [0.25, 0.3) is 0 Å². The van der Waals surface area contributed by atoms with E-state index in [1.165, 1.54) is 25.7 Å². The third kappa shape index (κ3) is 3.14. The van der Waals surface area contributed by atoms with Gasteiger partial charge >= 0.3 is 5.97 Å². The molecule has 4 aliphatic carbocycles. The smallest absolute Gasteiger partial charge is 0.303 e. The van der Waals surface area contributed by atoms with Crippen LogP contribution in [0.5, 0.6) is 0 Å². The van der Waals surface area contributed by atoms with Crippen molar-refractivity contribution >= 4 is 5.97 Å². The van der Waals surface area contributed by atoms with Crippen LogP contribution in [-0.4, -0.2) is 33.5 Å². The minimum Gasteiger partial charge on any atom is -0.481 e. The summed E-state index contributed by atoms with van der Waals surface area (Å²) in [6.07, 6.45) is 9.19. The first-order valence-corrected chi connectivity index (χ1v) is 11.7. The fraction of sp³-hybridized carbons (Fsp3) is 0.958. The van der Waals surface area contributed by atoms with Crippen molar-refractivity contribution in [3.63, 3.8) is 0 Å². The summed E-state index contributed by atoms with van der Waals surface area (Å²) in [6, 6.07) is 0. The highest BCUT2D eigenvalue weighted by molar-refractivity contribution is 5.66. The summed E-state index contributed by atoms with van der Waals surface area (Å²) < 4.78 is 0. The lowest BCUT2D eigenvalue weighted by molar-refractivity contribution is -0.174. The molecule has 3 N–H and O–H groups in total. The first kappa shape index (κ1) is 20.7. The molecule has 4 nitrogen and oxygen atoms in total. The Labute approximate surface area is 170 Å². The lowest BCUT2D eigenvalue weighted by Crippen LogP contribution is -2.58. The van der Waals surface area contributed by atoms with Gasteiger partial charge in [-0.05, 0) is 104 Å². The van der Waals surface area contributed by atoms with Crippen LogP contribution in [0.1, 0.15) is 85.0 Å². The Kier molecular flexibility index (Phi) is 5.36. The van der Waals surface area contributed by atoms with Crippen LogP contribution in [0.15, 0.2) is 0 Å². The Hall–Kier alpha value is -0.610. The Morgan fingerprint density at radius 2 is 1.68 bits per heavy atom. The molecule has 4 aliphatic rings. The molecule has 0 saturated heterocycles. The molecule has 4 rings (SSSR count). The normalized spacial score (nSPS) is 51.7. The van der Waals surface area contributed by atoms with E-state index >= 15 is 0 Å². The zero-order chi connectivity index (χ0) is 20.3. The van der Waals surface area contributed by atoms with E-state index in [1.807, 2.05) is 0 Å². The van der Waals surface area contributed by atoms with Crippen molar-refractivity contribution in [3.05, 3.63) is 0 Å². The monoisotopic (exact) mass is 392 g/mol. The van der Waals surface area contributed by atoms with Crippen LogP contribution in [0.3, 0.4) is 0 Å². The molecule has 0 radical (unpaired) electrons. The average Bonchev–Trinajstić information content (AvgIpc) is 2.98. The van der Waals surface area contributed by atoms with Crippen LogP contribution in [0.25, 0.3) is 0 Å². The largest absolute Gasteiger partial charge is 0.481 e. The predicted molar refractivity (Wildman–Crippen MR) is 109 cm³/mol. The molecule has 0 aromatic heterocycles. The average molecular weight is 393 g/mol. The molecule has 4 heteroatoms. The quantitative estimate of drug-likeness (QED) is 0.659. The lowest BCUT2D eigenvalue weighted by atomic mass is 9.43. The summed E-state index contributed by atoms with van der Waals surface area (Å²) in [4.78, 5) is 11.1. The van der Waals surface area contributed by atoms with Gasteiger partial charge in [0.05, 0.1) is 12.2 Å². The zero-order valence-corrected chi connectivity index (χ0v) is 17.9. The molecule has 0 heterocycles. The molecular weight excluding hydrogens is 352 g/mol. The van der Waals surface area contributed by atoms with Gasteiger partial charge in [0.1, 0.15) is 0 Å². The van der Waals surface area contributed by atoms with Gasteiger partial charge in [-0.15, -0.1) is 0 Å². The Morgan fingerprint density at radius 3 is 2.39 bits per heavy atom. The number of hydrogen-bond donors (Lipinski definition) is 3. The van der Waals surface area contributed by atoms with E-state index in [0.717, 1.165) is 32.1 Å². The van der Waals surface area contributed by atoms with E-state index in [4.69, 9.17) is 5.11 Å². The summed E-state index contributed by atoms with van der Waals surface area (Å²) in [7, 11) is 0. The second kappa shape index (κ2) is 7.27. The molecule has 0 spiro atoms. The third-order valence-electron chi connectivity index (χ3n) is 10.2. The van der Waals surface area contributed by atoms with Crippen LogP contribution in [0, 0.1) is 46.3 Å². The van der Waals surface area contributed by atoms with Crippen molar-refractivity contribution in [2.45, 2.75) is 97.2 Å². The molecule has 0 amide bonds. The second-order valence-electron chi connectivity index (χ2n) is 11.4. The van der Waals surface area contributed by atoms with Crippen molar-refractivity contribution in [3.8, 4) is 0 Å². The van der Waals surface area contributed by atoms with Crippen molar-refractivity contribution in [2.24, 2.45) is 46.3 Å². The molecule has 160 valence electrons. The predicted octanol–water partition coefficient (Wildman–Crippen LogP) is 4.48. The van der Waals surface area contributed by atoms with E-state index in [2.05, 4.69) is 20.8 Å². The summed E-state index contributed by atoms with van der Waals surface area (Å²) in [5.41, 5.74) is 0.523. The van der Waals surface area contributed by atoms with Gasteiger partial charge in [0, 0.05) is 6.42 Å². The van der Waals surface area contributed by atoms with Crippen LogP contribution in [0.4, 0.5) is 0 Å². The zero-order valence-electron chi connectivity index (χ0n) is 17.9. The van der Waals surface area contributed by atoms with Gasteiger partial charge in [-0.3, -0.25) is 4.79 Å². The number of fused-ring (bicyclic) bond motifs is 5. The van der Waals surface area contributed by atoms with Crippen molar-refractivity contribution in [2.75, 3.05) is 0 Å². The van der Waals surface area contributed by atoms with E-state index in [-0.39, 0.29) is 29.5 Å². The molecule has 10 atom stereocenters. The summed E-state index contributed by atoms with van der Waals surface area (Å²) >= 11 is 0. The number of carboxylic acids is 1. The second-order valence-corrected chi connectivity index (χ2v) is 11.4. The maximum Gasteiger partial charge on any atom is 0.303 e. The van der Waals surface area contributed by atoms with E-state index in [0.29, 0.717) is 35.5 Å². The first-order valence-electron chi connectivity index (χ1n) is 11.7. The van der Waals surface area contributed by atoms with Crippen LogP contribution in [-0.2, 0) is 4.79 Å². The summed E-state index contributed by atoms with van der Waals surface area (Å²) in [5.74, 6) is 2.36. The van der Waals surface area contributed by atoms with Gasteiger partial charge in [-0.1, -0.05) is 20.8 Å². The minimum atomic E-state index is -0.684. The van der Waals surface area contributed by atoms with Gasteiger partial charge in [-0.2, -0.15) is 0 Å². The van der Waals surface area contributed by atoms with Gasteiger partial charge in [0.15, 0.2) is 0 Å². The minimum absolute atomic E-state index is 0.179. The number of aliphatic hydroxyl groups excluding tert-OH is 2. The number of carboxylic acid groups (broad SMARTS) is 1. The number of hydrogen-bond acceptors (Lipinski definition) is 3. The first-order chi connectivity index (χ1) is 13.2. The summed E-state index contributed by atoms with van der Waals surface area (Å²) in [6.45, 7) is 7.16. The Balaban J connectivity index is 1.55. The highest BCUT2D eigenvalue weighted by atomic mass is 16.4. The molecular formula is C24H40O4. The molecule has 0 aromatic rings. The molecule has 4 saturated carbocycles. The standard InChI is InChI=1S/C24H40O4/c1-14(4-7-21(27)28)17-5-6-18-22-19(9-11-24(17,18)3)23(2)10-8-16(25)12-15(23)13-20(22)26/h14-20,22,25-26H,4-13H2,1-3H3,(H,27,28)/t14-,15?,16-,17-,18+,19+,20?,22+,23+,24-/m1/s1. The number of aliphatic carboxylic acids is 1. The summed E-state index contributed by atoms with van der Waals surface area (Å²) in [5, 5.41) is 30.5. The fourth-order valence-corrected chi connectivity index (χ4v) is 8.73. The van der Waals surface area contributed by atoms with Gasteiger partial charge < -0.3 is 15.3 Å². The van der Waals surface area contributed by atoms with E-state index in [1.54, 1.807) is 0 Å². The van der Waals surface area contributed by atoms with Gasteiger partial charge in [-0.25, -0.2) is 0 Å². The highest BCUT2D eigenvalue weighted by Gasteiger charge is 2.62.